The smallest absolute Gasteiger partial charge is 0.328 e. The highest BCUT2D eigenvalue weighted by Crippen LogP contribution is 2.34. The van der Waals surface area contributed by atoms with E-state index in [4.69, 9.17) is 21.4 Å². The van der Waals surface area contributed by atoms with E-state index in [-0.39, 0.29) is 12.6 Å². The molecule has 1 atom stereocenters. The van der Waals surface area contributed by atoms with E-state index < -0.39 is 6.10 Å². The molecule has 0 amide bonds. The number of nitriles is 1. The minimum absolute atomic E-state index is 0.236. The Morgan fingerprint density at radius 1 is 1.27 bits per heavy atom. The van der Waals surface area contributed by atoms with E-state index in [1.165, 1.54) is 0 Å². The van der Waals surface area contributed by atoms with Crippen LogP contribution in [0.25, 0.3) is 11.4 Å². The van der Waals surface area contributed by atoms with Gasteiger partial charge in [0.05, 0.1) is 28.9 Å². The molecule has 0 aliphatic heterocycles. The summed E-state index contributed by atoms with van der Waals surface area (Å²) < 4.78 is 5.43. The molecule has 0 radical (unpaired) electrons. The maximum atomic E-state index is 9.91. The molecule has 3 rings (SSSR count). The molecule has 0 fully saturated rings. The van der Waals surface area contributed by atoms with E-state index in [1.807, 2.05) is 37.3 Å². The molecule has 26 heavy (non-hydrogen) atoms. The highest BCUT2D eigenvalue weighted by Gasteiger charge is 2.22. The SMILES string of the molecule is Cc1c(N(C[C@@H](C)O)c2nc(-c3ccccc3)no2)ccc(C#N)c1Cl. The lowest BCUT2D eigenvalue weighted by Gasteiger charge is -2.24. The van der Waals surface area contributed by atoms with Gasteiger partial charge in [0.15, 0.2) is 0 Å². The van der Waals surface area contributed by atoms with Gasteiger partial charge >= 0.3 is 6.01 Å². The van der Waals surface area contributed by atoms with Gasteiger partial charge in [-0.3, -0.25) is 4.90 Å². The summed E-state index contributed by atoms with van der Waals surface area (Å²) in [7, 11) is 0. The van der Waals surface area contributed by atoms with Crippen molar-refractivity contribution in [3.63, 3.8) is 0 Å². The molecule has 1 heterocycles. The highest BCUT2D eigenvalue weighted by molar-refractivity contribution is 6.32. The molecule has 0 unspecified atom stereocenters. The van der Waals surface area contributed by atoms with Gasteiger partial charge in [-0.05, 0) is 31.5 Å². The third kappa shape index (κ3) is 3.54. The van der Waals surface area contributed by atoms with Gasteiger partial charge in [0, 0.05) is 5.56 Å². The number of rotatable bonds is 5. The second kappa shape index (κ2) is 7.56. The highest BCUT2D eigenvalue weighted by atomic mass is 35.5. The van der Waals surface area contributed by atoms with Gasteiger partial charge in [-0.15, -0.1) is 0 Å². The Bertz CT molecular complexity index is 948. The Labute approximate surface area is 156 Å². The molecular weight excluding hydrogens is 352 g/mol. The van der Waals surface area contributed by atoms with Crippen LogP contribution in [0, 0.1) is 18.3 Å². The first kappa shape index (κ1) is 17.9. The summed E-state index contributed by atoms with van der Waals surface area (Å²) in [5, 5.41) is 23.4. The first-order chi connectivity index (χ1) is 12.5. The molecule has 7 heteroatoms. The summed E-state index contributed by atoms with van der Waals surface area (Å²) in [6, 6.07) is 15.2. The van der Waals surface area contributed by atoms with Crippen LogP contribution >= 0.6 is 11.6 Å². The molecule has 0 aliphatic carbocycles. The lowest BCUT2D eigenvalue weighted by molar-refractivity contribution is 0.201. The summed E-state index contributed by atoms with van der Waals surface area (Å²) in [5.41, 5.74) is 2.61. The van der Waals surface area contributed by atoms with Crippen molar-refractivity contribution in [1.82, 2.24) is 10.1 Å². The van der Waals surface area contributed by atoms with Gasteiger partial charge in [-0.1, -0.05) is 47.1 Å². The average molecular weight is 369 g/mol. The quantitative estimate of drug-likeness (QED) is 0.730. The number of aliphatic hydroxyl groups excluding tert-OH is 1. The van der Waals surface area contributed by atoms with Crippen molar-refractivity contribution in [2.75, 3.05) is 11.4 Å². The van der Waals surface area contributed by atoms with Crippen molar-refractivity contribution >= 4 is 23.3 Å². The summed E-state index contributed by atoms with van der Waals surface area (Å²) in [6.45, 7) is 3.71. The zero-order valence-electron chi connectivity index (χ0n) is 14.3. The van der Waals surface area contributed by atoms with Gasteiger partial charge in [-0.25, -0.2) is 0 Å². The standard InChI is InChI=1S/C19H17ClN4O2/c1-12(25)11-24(16-9-8-15(10-21)17(20)13(16)2)19-22-18(23-26-19)14-6-4-3-5-7-14/h3-9,12,25H,11H2,1-2H3/t12-/m1/s1. The topological polar surface area (TPSA) is 86.2 Å². The molecule has 1 aromatic heterocycles. The number of hydrogen-bond acceptors (Lipinski definition) is 6. The number of aliphatic hydroxyl groups is 1. The summed E-state index contributed by atoms with van der Waals surface area (Å²) in [5.74, 6) is 0.452. The molecular formula is C19H17ClN4O2. The van der Waals surface area contributed by atoms with Crippen molar-refractivity contribution in [2.24, 2.45) is 0 Å². The van der Waals surface area contributed by atoms with Crippen molar-refractivity contribution in [3.8, 4) is 17.5 Å². The summed E-state index contributed by atoms with van der Waals surface area (Å²) >= 11 is 6.29. The van der Waals surface area contributed by atoms with Crippen LogP contribution in [0.4, 0.5) is 11.7 Å². The van der Waals surface area contributed by atoms with Crippen molar-refractivity contribution in [2.45, 2.75) is 20.0 Å². The van der Waals surface area contributed by atoms with Crippen LogP contribution in [0.1, 0.15) is 18.1 Å². The van der Waals surface area contributed by atoms with Crippen LogP contribution in [0.3, 0.4) is 0 Å². The van der Waals surface area contributed by atoms with Crippen LogP contribution in [0.2, 0.25) is 5.02 Å². The van der Waals surface area contributed by atoms with E-state index in [9.17, 15) is 5.11 Å². The fourth-order valence-electron chi connectivity index (χ4n) is 2.63. The predicted octanol–water partition coefficient (Wildman–Crippen LogP) is 4.09. The number of aromatic nitrogens is 2. The van der Waals surface area contributed by atoms with Gasteiger partial charge in [-0.2, -0.15) is 10.2 Å². The van der Waals surface area contributed by atoms with E-state index in [0.29, 0.717) is 27.7 Å². The molecule has 3 aromatic rings. The van der Waals surface area contributed by atoms with Crippen LogP contribution in [0.5, 0.6) is 0 Å². The average Bonchev–Trinajstić information content (AvgIpc) is 3.13. The fourth-order valence-corrected chi connectivity index (χ4v) is 2.83. The van der Waals surface area contributed by atoms with Gasteiger partial charge in [0.1, 0.15) is 6.07 Å². The minimum atomic E-state index is -0.643. The largest absolute Gasteiger partial charge is 0.392 e. The molecule has 1 N–H and O–H groups in total. The van der Waals surface area contributed by atoms with Crippen LogP contribution < -0.4 is 4.90 Å². The third-order valence-corrected chi connectivity index (χ3v) is 4.38. The second-order valence-corrected chi connectivity index (χ2v) is 6.29. The van der Waals surface area contributed by atoms with Gasteiger partial charge in [0.2, 0.25) is 5.82 Å². The zero-order valence-corrected chi connectivity index (χ0v) is 15.1. The molecule has 0 bridgehead atoms. The summed E-state index contributed by atoms with van der Waals surface area (Å²) in [4.78, 5) is 6.15. The molecule has 2 aromatic carbocycles. The second-order valence-electron chi connectivity index (χ2n) is 5.91. The van der Waals surface area contributed by atoms with E-state index in [1.54, 1.807) is 24.0 Å². The molecule has 0 spiro atoms. The van der Waals surface area contributed by atoms with E-state index >= 15 is 0 Å². The minimum Gasteiger partial charge on any atom is -0.392 e. The van der Waals surface area contributed by atoms with Crippen molar-refractivity contribution in [3.05, 3.63) is 58.6 Å². The first-order valence-electron chi connectivity index (χ1n) is 8.05. The molecule has 0 saturated carbocycles. The predicted molar refractivity (Wildman–Crippen MR) is 99.3 cm³/mol. The lowest BCUT2D eigenvalue weighted by atomic mass is 10.1. The number of anilines is 2. The number of nitrogens with zero attached hydrogens (tertiary/aromatic N) is 4. The third-order valence-electron chi connectivity index (χ3n) is 3.89. The van der Waals surface area contributed by atoms with Crippen molar-refractivity contribution in [1.29, 1.82) is 5.26 Å². The Kier molecular flexibility index (Phi) is 5.21. The Morgan fingerprint density at radius 2 is 2.00 bits per heavy atom. The van der Waals surface area contributed by atoms with E-state index in [2.05, 4.69) is 16.2 Å². The van der Waals surface area contributed by atoms with E-state index in [0.717, 1.165) is 5.56 Å². The number of benzene rings is 2. The normalized spacial score (nSPS) is 11.8. The van der Waals surface area contributed by atoms with Crippen LogP contribution in [-0.4, -0.2) is 27.9 Å². The summed E-state index contributed by atoms with van der Waals surface area (Å²) in [6.07, 6.45) is -0.643. The maximum Gasteiger partial charge on any atom is 0.328 e. The Morgan fingerprint density at radius 3 is 2.65 bits per heavy atom. The Balaban J connectivity index is 2.04. The molecule has 0 aliphatic rings. The maximum absolute atomic E-state index is 9.91. The molecule has 6 nitrogen and oxygen atoms in total. The zero-order chi connectivity index (χ0) is 18.7. The van der Waals surface area contributed by atoms with Crippen LogP contribution in [-0.2, 0) is 0 Å². The molecule has 0 saturated heterocycles. The Hall–Kier alpha value is -2.88. The van der Waals surface area contributed by atoms with Crippen molar-refractivity contribution < 1.29 is 9.63 Å². The van der Waals surface area contributed by atoms with Gasteiger partial charge < -0.3 is 9.63 Å². The number of halogens is 1. The number of hydrogen-bond donors (Lipinski definition) is 1. The molecule has 132 valence electrons. The van der Waals surface area contributed by atoms with Gasteiger partial charge in [0.25, 0.3) is 0 Å². The van der Waals surface area contributed by atoms with Crippen LogP contribution in [0.15, 0.2) is 47.0 Å². The first-order valence-corrected chi connectivity index (χ1v) is 8.43. The monoisotopic (exact) mass is 368 g/mol. The lowest BCUT2D eigenvalue weighted by Crippen LogP contribution is -2.27. The fraction of sp³-hybridized carbons (Fsp3) is 0.211.